The van der Waals surface area contributed by atoms with Crippen molar-refractivity contribution < 1.29 is 23.0 Å². The number of ether oxygens (including phenoxy) is 1. The van der Waals surface area contributed by atoms with Gasteiger partial charge >= 0.3 is 6.18 Å². The third-order valence-corrected chi connectivity index (χ3v) is 2.58. The van der Waals surface area contributed by atoms with Gasteiger partial charge in [-0.2, -0.15) is 13.2 Å². The Bertz CT molecular complexity index is 407. The van der Waals surface area contributed by atoms with Gasteiger partial charge in [0.1, 0.15) is 0 Å². The van der Waals surface area contributed by atoms with Gasteiger partial charge in [-0.3, -0.25) is 4.90 Å². The highest BCUT2D eigenvalue weighted by Crippen LogP contribution is 2.27. The van der Waals surface area contributed by atoms with Crippen LogP contribution in [0.1, 0.15) is 19.4 Å². The molecule has 3 nitrogen and oxygen atoms in total. The predicted octanol–water partition coefficient (Wildman–Crippen LogP) is 3.18. The Labute approximate surface area is 110 Å². The number of rotatable bonds is 6. The Balaban J connectivity index is 2.77. The van der Waals surface area contributed by atoms with Crippen molar-refractivity contribution in [3.8, 4) is 11.5 Å². The monoisotopic (exact) mass is 277 g/mol. The molecule has 0 aromatic heterocycles. The summed E-state index contributed by atoms with van der Waals surface area (Å²) in [6.07, 6.45) is -4.21. The van der Waals surface area contributed by atoms with Gasteiger partial charge in [0.25, 0.3) is 0 Å². The summed E-state index contributed by atoms with van der Waals surface area (Å²) in [5.74, 6) is 0.285. The van der Waals surface area contributed by atoms with E-state index in [1.165, 1.54) is 11.0 Å². The number of hydrogen-bond acceptors (Lipinski definition) is 3. The van der Waals surface area contributed by atoms with Crippen LogP contribution in [0.3, 0.4) is 0 Å². The molecule has 0 aliphatic carbocycles. The Kier molecular flexibility index (Phi) is 5.47. The van der Waals surface area contributed by atoms with E-state index < -0.39 is 12.7 Å². The van der Waals surface area contributed by atoms with Crippen molar-refractivity contribution in [1.82, 2.24) is 4.90 Å². The maximum absolute atomic E-state index is 12.4. The molecule has 0 heterocycles. The van der Waals surface area contributed by atoms with Crippen LogP contribution in [0.2, 0.25) is 0 Å². The molecule has 1 N–H and O–H groups in total. The van der Waals surface area contributed by atoms with E-state index in [9.17, 15) is 18.3 Å². The van der Waals surface area contributed by atoms with Crippen LogP contribution in [-0.2, 0) is 6.54 Å². The van der Waals surface area contributed by atoms with Gasteiger partial charge in [0.15, 0.2) is 11.5 Å². The minimum absolute atomic E-state index is 0.00975. The fourth-order valence-electron chi connectivity index (χ4n) is 1.72. The molecule has 6 heteroatoms. The molecule has 1 aromatic carbocycles. The molecular formula is C13H18F3NO2. The van der Waals surface area contributed by atoms with E-state index in [0.717, 1.165) is 0 Å². The lowest BCUT2D eigenvalue weighted by molar-refractivity contribution is -0.146. The molecule has 0 unspecified atom stereocenters. The van der Waals surface area contributed by atoms with Crippen molar-refractivity contribution in [3.05, 3.63) is 23.8 Å². The van der Waals surface area contributed by atoms with E-state index in [-0.39, 0.29) is 12.3 Å². The molecule has 0 fully saturated rings. The second kappa shape index (κ2) is 6.65. The summed E-state index contributed by atoms with van der Waals surface area (Å²) < 4.78 is 42.3. The van der Waals surface area contributed by atoms with Crippen LogP contribution >= 0.6 is 0 Å². The second-order valence-corrected chi connectivity index (χ2v) is 4.15. The SMILES string of the molecule is CCOc1cc(CN(CC)CC(F)(F)F)ccc1O. The molecular weight excluding hydrogens is 259 g/mol. The Morgan fingerprint density at radius 2 is 1.95 bits per heavy atom. The van der Waals surface area contributed by atoms with Crippen molar-refractivity contribution in [2.24, 2.45) is 0 Å². The molecule has 108 valence electrons. The first kappa shape index (κ1) is 15.6. The number of benzene rings is 1. The molecule has 0 saturated carbocycles. The van der Waals surface area contributed by atoms with E-state index in [4.69, 9.17) is 4.74 Å². The average Bonchev–Trinajstić information content (AvgIpc) is 2.31. The minimum atomic E-state index is -4.21. The Morgan fingerprint density at radius 1 is 1.26 bits per heavy atom. The van der Waals surface area contributed by atoms with Gasteiger partial charge in [-0.25, -0.2) is 0 Å². The largest absolute Gasteiger partial charge is 0.504 e. The van der Waals surface area contributed by atoms with Gasteiger partial charge in [0.2, 0.25) is 0 Å². The highest BCUT2D eigenvalue weighted by Gasteiger charge is 2.30. The lowest BCUT2D eigenvalue weighted by atomic mass is 10.2. The van der Waals surface area contributed by atoms with Crippen molar-refractivity contribution in [1.29, 1.82) is 0 Å². The van der Waals surface area contributed by atoms with Crippen LogP contribution in [0.15, 0.2) is 18.2 Å². The van der Waals surface area contributed by atoms with Crippen LogP contribution in [0.25, 0.3) is 0 Å². The van der Waals surface area contributed by atoms with E-state index >= 15 is 0 Å². The molecule has 1 aromatic rings. The fourth-order valence-corrected chi connectivity index (χ4v) is 1.72. The van der Waals surface area contributed by atoms with E-state index in [0.29, 0.717) is 24.5 Å². The van der Waals surface area contributed by atoms with Crippen molar-refractivity contribution >= 4 is 0 Å². The molecule has 1 rings (SSSR count). The van der Waals surface area contributed by atoms with Gasteiger partial charge in [-0.05, 0) is 31.2 Å². The molecule has 0 aliphatic rings. The molecule has 0 atom stereocenters. The van der Waals surface area contributed by atoms with E-state index in [1.54, 1.807) is 26.0 Å². The fraction of sp³-hybridized carbons (Fsp3) is 0.538. The van der Waals surface area contributed by atoms with Crippen molar-refractivity contribution in [2.45, 2.75) is 26.6 Å². The molecule has 19 heavy (non-hydrogen) atoms. The van der Waals surface area contributed by atoms with Crippen molar-refractivity contribution in [3.63, 3.8) is 0 Å². The summed E-state index contributed by atoms with van der Waals surface area (Å²) in [6.45, 7) is 3.34. The first-order valence-corrected chi connectivity index (χ1v) is 6.09. The van der Waals surface area contributed by atoms with Crippen LogP contribution in [0.4, 0.5) is 13.2 Å². The quantitative estimate of drug-likeness (QED) is 0.867. The molecule has 0 bridgehead atoms. The van der Waals surface area contributed by atoms with Gasteiger partial charge in [-0.15, -0.1) is 0 Å². The van der Waals surface area contributed by atoms with Crippen LogP contribution in [0.5, 0.6) is 11.5 Å². The topological polar surface area (TPSA) is 32.7 Å². The van der Waals surface area contributed by atoms with E-state index in [1.807, 2.05) is 0 Å². The zero-order chi connectivity index (χ0) is 14.5. The summed E-state index contributed by atoms with van der Waals surface area (Å²) >= 11 is 0. The van der Waals surface area contributed by atoms with Crippen LogP contribution in [0, 0.1) is 0 Å². The summed E-state index contributed by atoms with van der Waals surface area (Å²) in [5.41, 5.74) is 0.673. The number of aromatic hydroxyl groups is 1. The lowest BCUT2D eigenvalue weighted by Crippen LogP contribution is -2.33. The van der Waals surface area contributed by atoms with E-state index in [2.05, 4.69) is 0 Å². The summed E-state index contributed by atoms with van der Waals surface area (Å²) in [5, 5.41) is 9.53. The second-order valence-electron chi connectivity index (χ2n) is 4.15. The van der Waals surface area contributed by atoms with Crippen LogP contribution in [-0.4, -0.2) is 35.9 Å². The highest BCUT2D eigenvalue weighted by atomic mass is 19.4. The van der Waals surface area contributed by atoms with Gasteiger partial charge in [-0.1, -0.05) is 13.0 Å². The number of halogens is 3. The summed E-state index contributed by atoms with van der Waals surface area (Å²) in [7, 11) is 0. The maximum Gasteiger partial charge on any atom is 0.401 e. The predicted molar refractivity (Wildman–Crippen MR) is 66.3 cm³/mol. The Hall–Kier alpha value is -1.43. The summed E-state index contributed by atoms with van der Waals surface area (Å²) in [6, 6.07) is 4.59. The molecule has 0 saturated heterocycles. The molecule has 0 spiro atoms. The zero-order valence-electron chi connectivity index (χ0n) is 11.0. The smallest absolute Gasteiger partial charge is 0.401 e. The number of hydrogen-bond donors (Lipinski definition) is 1. The van der Waals surface area contributed by atoms with Gasteiger partial charge < -0.3 is 9.84 Å². The highest BCUT2D eigenvalue weighted by molar-refractivity contribution is 5.41. The normalized spacial score (nSPS) is 11.9. The van der Waals surface area contributed by atoms with Crippen molar-refractivity contribution in [2.75, 3.05) is 19.7 Å². The van der Waals surface area contributed by atoms with Crippen LogP contribution < -0.4 is 4.74 Å². The number of alkyl halides is 3. The first-order chi connectivity index (χ1) is 8.85. The number of phenols is 1. The van der Waals surface area contributed by atoms with Gasteiger partial charge in [0, 0.05) is 6.54 Å². The first-order valence-electron chi connectivity index (χ1n) is 6.09. The molecule has 0 radical (unpaired) electrons. The number of phenolic OH excluding ortho intramolecular Hbond substituents is 1. The molecule has 0 aliphatic heterocycles. The minimum Gasteiger partial charge on any atom is -0.504 e. The number of nitrogens with zero attached hydrogens (tertiary/aromatic N) is 1. The third-order valence-electron chi connectivity index (χ3n) is 2.58. The molecule has 0 amide bonds. The zero-order valence-corrected chi connectivity index (χ0v) is 11.0. The standard InChI is InChI=1S/C13H18F3NO2/c1-3-17(9-13(14,15)16)8-10-5-6-11(18)12(7-10)19-4-2/h5-7,18H,3-4,8-9H2,1-2H3. The third kappa shape index (κ3) is 5.38. The maximum atomic E-state index is 12.4. The Morgan fingerprint density at radius 3 is 2.47 bits per heavy atom. The lowest BCUT2D eigenvalue weighted by Gasteiger charge is -2.22. The van der Waals surface area contributed by atoms with Gasteiger partial charge in [0.05, 0.1) is 13.2 Å². The summed E-state index contributed by atoms with van der Waals surface area (Å²) in [4.78, 5) is 1.28. The average molecular weight is 277 g/mol.